The molecule has 3 nitrogen and oxygen atoms in total. The molecule has 0 bridgehead atoms. The van der Waals surface area contributed by atoms with Crippen LogP contribution in [0.15, 0.2) is 16.6 Å². The SMILES string of the molecule is COc1cc(C(F)(F)F)cc(Br)c1C(N)CO. The van der Waals surface area contributed by atoms with Crippen molar-refractivity contribution in [2.24, 2.45) is 5.73 Å². The quantitative estimate of drug-likeness (QED) is 0.901. The molecule has 1 aromatic carbocycles. The van der Waals surface area contributed by atoms with Crippen LogP contribution in [0.2, 0.25) is 0 Å². The molecular formula is C10H11BrF3NO2. The fourth-order valence-electron chi connectivity index (χ4n) is 1.38. The van der Waals surface area contributed by atoms with Gasteiger partial charge in [0.2, 0.25) is 0 Å². The summed E-state index contributed by atoms with van der Waals surface area (Å²) in [7, 11) is 1.25. The second kappa shape index (κ2) is 5.24. The molecule has 0 saturated carbocycles. The maximum absolute atomic E-state index is 12.5. The molecule has 0 spiro atoms. The average molecular weight is 314 g/mol. The van der Waals surface area contributed by atoms with E-state index in [-0.39, 0.29) is 16.8 Å². The number of hydrogen-bond acceptors (Lipinski definition) is 3. The molecular weight excluding hydrogens is 303 g/mol. The predicted molar refractivity (Wildman–Crippen MR) is 59.7 cm³/mol. The molecule has 1 rings (SSSR count). The highest BCUT2D eigenvalue weighted by atomic mass is 79.9. The minimum atomic E-state index is -4.46. The first-order valence-electron chi connectivity index (χ1n) is 4.62. The van der Waals surface area contributed by atoms with Crippen LogP contribution in [0.3, 0.4) is 0 Å². The maximum Gasteiger partial charge on any atom is 0.416 e. The second-order valence-corrected chi connectivity index (χ2v) is 4.22. The van der Waals surface area contributed by atoms with Gasteiger partial charge in [0.15, 0.2) is 0 Å². The molecule has 0 amide bonds. The number of aliphatic hydroxyl groups excluding tert-OH is 1. The average Bonchev–Trinajstić information content (AvgIpc) is 2.25. The van der Waals surface area contributed by atoms with Gasteiger partial charge in [-0.15, -0.1) is 0 Å². The number of aliphatic hydroxyl groups is 1. The Kier molecular flexibility index (Phi) is 4.40. The Balaban J connectivity index is 3.36. The van der Waals surface area contributed by atoms with Gasteiger partial charge in [-0.25, -0.2) is 0 Å². The summed E-state index contributed by atoms with van der Waals surface area (Å²) in [6.07, 6.45) is -4.46. The molecule has 96 valence electrons. The first-order valence-corrected chi connectivity index (χ1v) is 5.41. The Hall–Kier alpha value is -0.790. The molecule has 1 unspecified atom stereocenters. The van der Waals surface area contributed by atoms with Gasteiger partial charge >= 0.3 is 6.18 Å². The van der Waals surface area contributed by atoms with E-state index in [1.54, 1.807) is 0 Å². The maximum atomic E-state index is 12.5. The number of halogens is 4. The van der Waals surface area contributed by atoms with Gasteiger partial charge in [-0.1, -0.05) is 15.9 Å². The molecule has 1 atom stereocenters. The van der Waals surface area contributed by atoms with Gasteiger partial charge in [-0.2, -0.15) is 13.2 Å². The van der Waals surface area contributed by atoms with E-state index in [0.29, 0.717) is 5.56 Å². The first kappa shape index (κ1) is 14.3. The zero-order valence-corrected chi connectivity index (χ0v) is 10.5. The zero-order chi connectivity index (χ0) is 13.2. The van der Waals surface area contributed by atoms with Crippen molar-refractivity contribution in [3.63, 3.8) is 0 Å². The summed E-state index contributed by atoms with van der Waals surface area (Å²) < 4.78 is 42.6. The molecule has 0 aliphatic carbocycles. The van der Waals surface area contributed by atoms with E-state index in [4.69, 9.17) is 15.6 Å². The van der Waals surface area contributed by atoms with E-state index >= 15 is 0 Å². The second-order valence-electron chi connectivity index (χ2n) is 3.36. The highest BCUT2D eigenvalue weighted by molar-refractivity contribution is 9.10. The standard InChI is InChI=1S/C10H11BrF3NO2/c1-17-8-3-5(10(12,13)14)2-6(11)9(8)7(15)4-16/h2-3,7,16H,4,15H2,1H3. The molecule has 0 aromatic heterocycles. The fraction of sp³-hybridized carbons (Fsp3) is 0.400. The molecule has 17 heavy (non-hydrogen) atoms. The van der Waals surface area contributed by atoms with Crippen LogP contribution in [0.5, 0.6) is 5.75 Å². The van der Waals surface area contributed by atoms with Gasteiger partial charge in [0.05, 0.1) is 25.3 Å². The number of benzene rings is 1. The van der Waals surface area contributed by atoms with E-state index in [1.165, 1.54) is 7.11 Å². The van der Waals surface area contributed by atoms with Crippen LogP contribution in [0.1, 0.15) is 17.2 Å². The van der Waals surface area contributed by atoms with Crippen molar-refractivity contribution < 1.29 is 23.0 Å². The molecule has 0 radical (unpaired) electrons. The van der Waals surface area contributed by atoms with E-state index in [9.17, 15) is 13.2 Å². The van der Waals surface area contributed by atoms with E-state index in [0.717, 1.165) is 12.1 Å². The van der Waals surface area contributed by atoms with Crippen LogP contribution < -0.4 is 10.5 Å². The summed E-state index contributed by atoms with van der Waals surface area (Å²) in [6.45, 7) is -0.389. The highest BCUT2D eigenvalue weighted by Gasteiger charge is 2.32. The lowest BCUT2D eigenvalue weighted by molar-refractivity contribution is -0.137. The molecule has 1 aromatic rings. The van der Waals surface area contributed by atoms with Crippen molar-refractivity contribution in [3.8, 4) is 5.75 Å². The van der Waals surface area contributed by atoms with Crippen LogP contribution in [-0.4, -0.2) is 18.8 Å². The van der Waals surface area contributed by atoms with Gasteiger partial charge in [-0.05, 0) is 12.1 Å². The van der Waals surface area contributed by atoms with Crippen LogP contribution in [0, 0.1) is 0 Å². The number of rotatable bonds is 3. The van der Waals surface area contributed by atoms with Crippen LogP contribution in [0.25, 0.3) is 0 Å². The van der Waals surface area contributed by atoms with Gasteiger partial charge in [0, 0.05) is 10.0 Å². The Morgan fingerprint density at radius 1 is 1.47 bits per heavy atom. The van der Waals surface area contributed by atoms with Crippen molar-refractivity contribution in [2.75, 3.05) is 13.7 Å². The van der Waals surface area contributed by atoms with Crippen LogP contribution >= 0.6 is 15.9 Å². The summed E-state index contributed by atoms with van der Waals surface area (Å²) in [5, 5.41) is 8.94. The molecule has 7 heteroatoms. The Bertz CT molecular complexity index is 409. The van der Waals surface area contributed by atoms with Crippen molar-refractivity contribution >= 4 is 15.9 Å². The normalized spacial score (nSPS) is 13.6. The molecule has 0 fully saturated rings. The third-order valence-corrected chi connectivity index (χ3v) is 2.86. The molecule has 0 saturated heterocycles. The summed E-state index contributed by atoms with van der Waals surface area (Å²) in [5.41, 5.74) is 5.06. The minimum Gasteiger partial charge on any atom is -0.496 e. The lowest BCUT2D eigenvalue weighted by atomic mass is 10.0. The fourth-order valence-corrected chi connectivity index (χ4v) is 2.11. The Labute approximate surface area is 105 Å². The monoisotopic (exact) mass is 313 g/mol. The van der Waals surface area contributed by atoms with E-state index in [1.807, 2.05) is 0 Å². The number of hydrogen-bond donors (Lipinski definition) is 2. The van der Waals surface area contributed by atoms with E-state index in [2.05, 4.69) is 15.9 Å². The lowest BCUT2D eigenvalue weighted by Crippen LogP contribution is -2.17. The van der Waals surface area contributed by atoms with Gasteiger partial charge in [-0.3, -0.25) is 0 Å². The molecule has 0 aliphatic heterocycles. The first-order chi connectivity index (χ1) is 7.81. The summed E-state index contributed by atoms with van der Waals surface area (Å²) in [4.78, 5) is 0. The van der Waals surface area contributed by atoms with Crippen LogP contribution in [-0.2, 0) is 6.18 Å². The number of methoxy groups -OCH3 is 1. The number of ether oxygens (including phenoxy) is 1. The smallest absolute Gasteiger partial charge is 0.416 e. The molecule has 0 heterocycles. The van der Waals surface area contributed by atoms with Crippen molar-refractivity contribution in [2.45, 2.75) is 12.2 Å². The van der Waals surface area contributed by atoms with Crippen molar-refractivity contribution in [1.82, 2.24) is 0 Å². The largest absolute Gasteiger partial charge is 0.496 e. The highest BCUT2D eigenvalue weighted by Crippen LogP contribution is 2.38. The minimum absolute atomic E-state index is 0.00625. The Morgan fingerprint density at radius 3 is 2.47 bits per heavy atom. The summed E-state index contributed by atoms with van der Waals surface area (Å²) >= 11 is 3.00. The number of nitrogens with two attached hydrogens (primary N) is 1. The van der Waals surface area contributed by atoms with Gasteiger partial charge in [0.1, 0.15) is 5.75 Å². The van der Waals surface area contributed by atoms with Crippen molar-refractivity contribution in [1.29, 1.82) is 0 Å². The predicted octanol–water partition coefficient (Wildman–Crippen LogP) is 2.47. The number of alkyl halides is 3. The summed E-state index contributed by atoms with van der Waals surface area (Å²) in [6, 6.07) is 0.963. The summed E-state index contributed by atoms with van der Waals surface area (Å²) in [5.74, 6) is -0.00625. The van der Waals surface area contributed by atoms with Gasteiger partial charge in [0.25, 0.3) is 0 Å². The molecule has 3 N–H and O–H groups in total. The zero-order valence-electron chi connectivity index (χ0n) is 8.88. The topological polar surface area (TPSA) is 55.5 Å². The third kappa shape index (κ3) is 3.11. The van der Waals surface area contributed by atoms with Crippen molar-refractivity contribution in [3.05, 3.63) is 27.7 Å². The lowest BCUT2D eigenvalue weighted by Gasteiger charge is -2.18. The van der Waals surface area contributed by atoms with Gasteiger partial charge < -0.3 is 15.6 Å². The molecule has 0 aliphatic rings. The van der Waals surface area contributed by atoms with Crippen LogP contribution in [0.4, 0.5) is 13.2 Å². The third-order valence-electron chi connectivity index (χ3n) is 2.21. The van der Waals surface area contributed by atoms with E-state index < -0.39 is 17.8 Å². The Morgan fingerprint density at radius 2 is 2.06 bits per heavy atom.